The molecule has 1 aromatic rings. The summed E-state index contributed by atoms with van der Waals surface area (Å²) in [7, 11) is 1.86. The van der Waals surface area contributed by atoms with Crippen LogP contribution in [0.25, 0.3) is 0 Å². The maximum atomic E-state index is 10.9. The third kappa shape index (κ3) is 3.73. The Balaban J connectivity index is 2.09. The average Bonchev–Trinajstić information content (AvgIpc) is 2.49. The first-order valence-corrected chi connectivity index (χ1v) is 7.65. The van der Waals surface area contributed by atoms with Gasteiger partial charge in [-0.15, -0.1) is 0 Å². The highest BCUT2D eigenvalue weighted by molar-refractivity contribution is 5.55. The van der Waals surface area contributed by atoms with E-state index in [2.05, 4.69) is 24.1 Å². The van der Waals surface area contributed by atoms with Crippen molar-refractivity contribution in [3.8, 4) is 0 Å². The summed E-state index contributed by atoms with van der Waals surface area (Å²) in [5, 5.41) is 14.1. The van der Waals surface area contributed by atoms with E-state index in [1.54, 1.807) is 18.2 Å². The molecule has 5 heteroatoms. The third-order valence-corrected chi connectivity index (χ3v) is 4.88. The Labute approximate surface area is 126 Å². The van der Waals surface area contributed by atoms with Crippen molar-refractivity contribution in [2.45, 2.75) is 39.7 Å². The van der Waals surface area contributed by atoms with Gasteiger partial charge >= 0.3 is 0 Å². The van der Waals surface area contributed by atoms with E-state index in [1.165, 1.54) is 19.3 Å². The third-order valence-electron chi connectivity index (χ3n) is 4.88. The van der Waals surface area contributed by atoms with Crippen LogP contribution in [0, 0.1) is 15.5 Å². The molecular weight excluding hydrogens is 266 g/mol. The lowest BCUT2D eigenvalue weighted by molar-refractivity contribution is -0.384. The molecule has 0 saturated carbocycles. The SMILES string of the molecule is CCC1(C)CCN(Cc2cc([N+](=O)[O-])ccc2NC)CC1. The number of piperidine rings is 1. The van der Waals surface area contributed by atoms with Gasteiger partial charge < -0.3 is 5.32 Å². The molecule has 0 atom stereocenters. The van der Waals surface area contributed by atoms with Gasteiger partial charge in [-0.05, 0) is 43.0 Å². The summed E-state index contributed by atoms with van der Waals surface area (Å²) < 4.78 is 0. The number of anilines is 1. The van der Waals surface area contributed by atoms with E-state index in [9.17, 15) is 10.1 Å². The van der Waals surface area contributed by atoms with Crippen LogP contribution in [0.4, 0.5) is 11.4 Å². The predicted octanol–water partition coefficient (Wildman–Crippen LogP) is 3.65. The van der Waals surface area contributed by atoms with Crippen LogP contribution in [0.1, 0.15) is 38.7 Å². The van der Waals surface area contributed by atoms with Crippen molar-refractivity contribution in [3.63, 3.8) is 0 Å². The fraction of sp³-hybridized carbons (Fsp3) is 0.625. The minimum Gasteiger partial charge on any atom is -0.388 e. The fourth-order valence-electron chi connectivity index (χ4n) is 2.91. The Morgan fingerprint density at radius 2 is 2.05 bits per heavy atom. The normalized spacial score (nSPS) is 18.4. The molecule has 0 spiro atoms. The Morgan fingerprint density at radius 1 is 1.38 bits per heavy atom. The number of non-ortho nitro benzene ring substituents is 1. The molecule has 0 amide bonds. The summed E-state index contributed by atoms with van der Waals surface area (Å²) in [4.78, 5) is 13.0. The van der Waals surface area contributed by atoms with E-state index < -0.39 is 0 Å². The number of nitro benzene ring substituents is 1. The predicted molar refractivity (Wildman–Crippen MR) is 85.6 cm³/mol. The Hall–Kier alpha value is -1.62. The molecule has 0 aliphatic carbocycles. The molecule has 1 aliphatic rings. The first kappa shape index (κ1) is 15.8. The van der Waals surface area contributed by atoms with Crippen LogP contribution < -0.4 is 5.32 Å². The molecule has 1 aliphatic heterocycles. The number of benzene rings is 1. The van der Waals surface area contributed by atoms with Crippen LogP contribution in [0.5, 0.6) is 0 Å². The number of hydrogen-bond acceptors (Lipinski definition) is 4. The van der Waals surface area contributed by atoms with Crippen LogP contribution in [-0.4, -0.2) is 30.0 Å². The fourth-order valence-corrected chi connectivity index (χ4v) is 2.91. The van der Waals surface area contributed by atoms with E-state index in [1.807, 2.05) is 7.05 Å². The summed E-state index contributed by atoms with van der Waals surface area (Å²) in [5.74, 6) is 0. The minimum absolute atomic E-state index is 0.166. The van der Waals surface area contributed by atoms with E-state index in [4.69, 9.17) is 0 Å². The first-order valence-electron chi connectivity index (χ1n) is 7.65. The van der Waals surface area contributed by atoms with Gasteiger partial charge in [0.05, 0.1) is 4.92 Å². The van der Waals surface area contributed by atoms with Gasteiger partial charge in [-0.1, -0.05) is 20.3 Å². The molecule has 0 aromatic heterocycles. The summed E-state index contributed by atoms with van der Waals surface area (Å²) in [5.41, 5.74) is 2.61. The number of nitro groups is 1. The molecule has 1 N–H and O–H groups in total. The highest BCUT2D eigenvalue weighted by Gasteiger charge is 2.28. The highest BCUT2D eigenvalue weighted by atomic mass is 16.6. The van der Waals surface area contributed by atoms with Crippen molar-refractivity contribution in [3.05, 3.63) is 33.9 Å². The van der Waals surface area contributed by atoms with Crippen molar-refractivity contribution in [1.82, 2.24) is 4.90 Å². The highest BCUT2D eigenvalue weighted by Crippen LogP contribution is 2.35. The lowest BCUT2D eigenvalue weighted by atomic mass is 9.78. The van der Waals surface area contributed by atoms with Crippen LogP contribution in [0.3, 0.4) is 0 Å². The van der Waals surface area contributed by atoms with Gasteiger partial charge in [-0.25, -0.2) is 0 Å². The van der Waals surface area contributed by atoms with Gasteiger partial charge in [0.15, 0.2) is 0 Å². The van der Waals surface area contributed by atoms with Gasteiger partial charge in [0.2, 0.25) is 0 Å². The molecule has 0 bridgehead atoms. The largest absolute Gasteiger partial charge is 0.388 e. The van der Waals surface area contributed by atoms with Crippen molar-refractivity contribution < 1.29 is 4.92 Å². The van der Waals surface area contributed by atoms with E-state index >= 15 is 0 Å². The molecule has 0 unspecified atom stereocenters. The van der Waals surface area contributed by atoms with Crippen molar-refractivity contribution in [1.29, 1.82) is 0 Å². The zero-order chi connectivity index (χ0) is 15.5. The second kappa shape index (κ2) is 6.43. The van der Waals surface area contributed by atoms with E-state index in [0.717, 1.165) is 30.9 Å². The average molecular weight is 291 g/mol. The van der Waals surface area contributed by atoms with Crippen LogP contribution in [0.2, 0.25) is 0 Å². The number of rotatable bonds is 5. The molecule has 5 nitrogen and oxygen atoms in total. The Bertz CT molecular complexity index is 508. The van der Waals surface area contributed by atoms with Gasteiger partial charge in [0.1, 0.15) is 0 Å². The van der Waals surface area contributed by atoms with Gasteiger partial charge in [0.25, 0.3) is 5.69 Å². The maximum absolute atomic E-state index is 10.9. The van der Waals surface area contributed by atoms with E-state index in [0.29, 0.717) is 5.41 Å². The lowest BCUT2D eigenvalue weighted by Crippen LogP contribution is -2.38. The topological polar surface area (TPSA) is 58.4 Å². The Morgan fingerprint density at radius 3 is 2.57 bits per heavy atom. The van der Waals surface area contributed by atoms with Crippen molar-refractivity contribution >= 4 is 11.4 Å². The lowest BCUT2D eigenvalue weighted by Gasteiger charge is -2.39. The molecule has 1 aromatic carbocycles. The van der Waals surface area contributed by atoms with Gasteiger partial charge in [-0.3, -0.25) is 15.0 Å². The maximum Gasteiger partial charge on any atom is 0.269 e. The van der Waals surface area contributed by atoms with Crippen molar-refractivity contribution in [2.75, 3.05) is 25.5 Å². The molecule has 1 fully saturated rings. The second-order valence-corrected chi connectivity index (χ2v) is 6.29. The summed E-state index contributed by atoms with van der Waals surface area (Å²) in [6, 6.07) is 5.05. The zero-order valence-electron chi connectivity index (χ0n) is 13.2. The first-order chi connectivity index (χ1) is 9.97. The van der Waals surface area contributed by atoms with Gasteiger partial charge in [-0.2, -0.15) is 0 Å². The Kier molecular flexibility index (Phi) is 4.83. The monoisotopic (exact) mass is 291 g/mol. The van der Waals surface area contributed by atoms with Crippen LogP contribution in [0.15, 0.2) is 18.2 Å². The second-order valence-electron chi connectivity index (χ2n) is 6.29. The summed E-state index contributed by atoms with van der Waals surface area (Å²) in [6.07, 6.45) is 3.63. The quantitative estimate of drug-likeness (QED) is 0.664. The standard InChI is InChI=1S/C16H25N3O2/c1-4-16(2)7-9-18(10-8-16)12-13-11-14(19(20)21)5-6-15(13)17-3/h5-6,11,17H,4,7-10,12H2,1-3H3. The molecule has 1 heterocycles. The molecular formula is C16H25N3O2. The number of hydrogen-bond donors (Lipinski definition) is 1. The molecule has 0 radical (unpaired) electrons. The number of nitrogens with one attached hydrogen (secondary N) is 1. The number of nitrogens with zero attached hydrogens (tertiary/aromatic N) is 2. The summed E-state index contributed by atoms with van der Waals surface area (Å²) >= 11 is 0. The summed E-state index contributed by atoms with van der Waals surface area (Å²) in [6.45, 7) is 7.52. The molecule has 1 saturated heterocycles. The molecule has 2 rings (SSSR count). The van der Waals surface area contributed by atoms with Gasteiger partial charge in [0, 0.05) is 31.4 Å². The smallest absolute Gasteiger partial charge is 0.269 e. The molecule has 116 valence electrons. The van der Waals surface area contributed by atoms with Crippen molar-refractivity contribution in [2.24, 2.45) is 5.41 Å². The zero-order valence-corrected chi connectivity index (χ0v) is 13.2. The van der Waals surface area contributed by atoms with Crippen LogP contribution in [-0.2, 0) is 6.54 Å². The molecule has 21 heavy (non-hydrogen) atoms. The number of likely N-dealkylation sites (tertiary alicyclic amines) is 1. The van der Waals surface area contributed by atoms with E-state index in [-0.39, 0.29) is 10.6 Å². The van der Waals surface area contributed by atoms with Crippen LogP contribution >= 0.6 is 0 Å². The minimum atomic E-state index is -0.326.